The second-order valence-electron chi connectivity index (χ2n) is 7.25. The van der Waals surface area contributed by atoms with Gasteiger partial charge in [-0.1, -0.05) is 67.6 Å². The maximum atomic E-state index is 12.7. The topological polar surface area (TPSA) is 67.4 Å². The molecule has 0 aromatic heterocycles. The Morgan fingerprint density at radius 2 is 1.58 bits per heavy atom. The molecule has 0 unspecified atom stereocenters. The predicted octanol–water partition coefficient (Wildman–Crippen LogP) is 4.63. The van der Waals surface area contributed by atoms with Crippen molar-refractivity contribution in [3.05, 3.63) is 95.6 Å². The third-order valence-electron chi connectivity index (χ3n) is 5.00. The Morgan fingerprint density at radius 1 is 0.903 bits per heavy atom. The van der Waals surface area contributed by atoms with Gasteiger partial charge in [-0.25, -0.2) is 0 Å². The average Bonchev–Trinajstić information content (AvgIpc) is 2.80. The van der Waals surface area contributed by atoms with E-state index in [9.17, 15) is 9.59 Å². The second-order valence-corrected chi connectivity index (χ2v) is 7.25. The first-order chi connectivity index (χ1) is 15.1. The lowest BCUT2D eigenvalue weighted by atomic mass is 10.1. The molecule has 5 heteroatoms. The van der Waals surface area contributed by atoms with Gasteiger partial charge in [0.1, 0.15) is 5.75 Å². The largest absolute Gasteiger partial charge is 0.481 e. The Balaban J connectivity index is 1.61. The standard InChI is InChI=1S/C26H28N2O3/c1-3-21-13-7-10-16-24(21)31-19(2)25(29)28-23-15-9-8-14-22(23)26(30)27-18-17-20-11-5-4-6-12-20/h4-16,19H,3,17-18H2,1-2H3,(H,27,30)(H,28,29)/t19-/m0/s1. The molecular weight excluding hydrogens is 388 g/mol. The Bertz CT molecular complexity index is 1020. The molecule has 1 atom stereocenters. The lowest BCUT2D eigenvalue weighted by molar-refractivity contribution is -0.122. The number of anilines is 1. The van der Waals surface area contributed by atoms with Crippen molar-refractivity contribution in [3.63, 3.8) is 0 Å². The van der Waals surface area contributed by atoms with Crippen LogP contribution in [-0.4, -0.2) is 24.5 Å². The molecule has 0 aliphatic carbocycles. The van der Waals surface area contributed by atoms with E-state index in [1.807, 2.05) is 61.5 Å². The summed E-state index contributed by atoms with van der Waals surface area (Å²) in [7, 11) is 0. The maximum absolute atomic E-state index is 12.7. The molecule has 0 fully saturated rings. The molecule has 5 nitrogen and oxygen atoms in total. The molecule has 3 rings (SSSR count). The molecule has 31 heavy (non-hydrogen) atoms. The summed E-state index contributed by atoms with van der Waals surface area (Å²) < 4.78 is 5.87. The minimum Gasteiger partial charge on any atom is -0.481 e. The normalized spacial score (nSPS) is 11.4. The summed E-state index contributed by atoms with van der Waals surface area (Å²) in [6, 6.07) is 24.6. The molecule has 0 spiro atoms. The molecule has 0 radical (unpaired) electrons. The molecule has 0 saturated carbocycles. The van der Waals surface area contributed by atoms with Crippen LogP contribution in [-0.2, 0) is 17.6 Å². The number of aryl methyl sites for hydroxylation is 1. The van der Waals surface area contributed by atoms with Crippen LogP contribution in [0.1, 0.15) is 35.3 Å². The Labute approximate surface area is 183 Å². The molecule has 0 saturated heterocycles. The van der Waals surface area contributed by atoms with Crippen LogP contribution in [0.4, 0.5) is 5.69 Å². The van der Waals surface area contributed by atoms with Crippen molar-refractivity contribution < 1.29 is 14.3 Å². The van der Waals surface area contributed by atoms with Gasteiger partial charge in [-0.05, 0) is 49.1 Å². The second kappa shape index (κ2) is 11.0. The first-order valence-corrected chi connectivity index (χ1v) is 10.5. The van der Waals surface area contributed by atoms with Crippen LogP contribution in [0, 0.1) is 0 Å². The number of rotatable bonds is 9. The third kappa shape index (κ3) is 6.19. The zero-order chi connectivity index (χ0) is 22.1. The number of carbonyl (C=O) groups is 2. The first-order valence-electron chi connectivity index (χ1n) is 10.5. The van der Waals surface area contributed by atoms with Crippen LogP contribution in [0.15, 0.2) is 78.9 Å². The molecular formula is C26H28N2O3. The van der Waals surface area contributed by atoms with E-state index in [1.165, 1.54) is 0 Å². The van der Waals surface area contributed by atoms with Crippen LogP contribution >= 0.6 is 0 Å². The van der Waals surface area contributed by atoms with Gasteiger partial charge in [0.25, 0.3) is 11.8 Å². The summed E-state index contributed by atoms with van der Waals surface area (Å²) in [5, 5.41) is 5.76. The van der Waals surface area contributed by atoms with E-state index in [0.717, 1.165) is 24.0 Å². The summed E-state index contributed by atoms with van der Waals surface area (Å²) in [5.41, 5.74) is 3.08. The Morgan fingerprint density at radius 3 is 2.35 bits per heavy atom. The van der Waals surface area contributed by atoms with Crippen LogP contribution in [0.3, 0.4) is 0 Å². The fourth-order valence-electron chi connectivity index (χ4n) is 3.24. The zero-order valence-electron chi connectivity index (χ0n) is 17.9. The lowest BCUT2D eigenvalue weighted by Gasteiger charge is -2.18. The molecule has 0 aliphatic heterocycles. The van der Waals surface area contributed by atoms with Crippen LogP contribution in [0.2, 0.25) is 0 Å². The number of hydrogen-bond acceptors (Lipinski definition) is 3. The highest BCUT2D eigenvalue weighted by Gasteiger charge is 2.19. The SMILES string of the molecule is CCc1ccccc1O[C@@H](C)C(=O)Nc1ccccc1C(=O)NCCc1ccccc1. The lowest BCUT2D eigenvalue weighted by Crippen LogP contribution is -2.32. The molecule has 2 N–H and O–H groups in total. The summed E-state index contributed by atoms with van der Waals surface area (Å²) in [5.74, 6) is 0.159. The first kappa shape index (κ1) is 22.1. The van der Waals surface area contributed by atoms with Crippen molar-refractivity contribution in [1.29, 1.82) is 0 Å². The molecule has 2 amide bonds. The van der Waals surface area contributed by atoms with Crippen molar-refractivity contribution in [3.8, 4) is 5.75 Å². The van der Waals surface area contributed by atoms with E-state index in [2.05, 4.69) is 10.6 Å². The third-order valence-corrected chi connectivity index (χ3v) is 5.00. The summed E-state index contributed by atoms with van der Waals surface area (Å²) in [6.07, 6.45) is 0.848. The van der Waals surface area contributed by atoms with E-state index in [4.69, 9.17) is 4.74 Å². The van der Waals surface area contributed by atoms with Gasteiger partial charge in [0.15, 0.2) is 6.10 Å². The van der Waals surface area contributed by atoms with Gasteiger partial charge < -0.3 is 15.4 Å². The predicted molar refractivity (Wildman–Crippen MR) is 123 cm³/mol. The fourth-order valence-corrected chi connectivity index (χ4v) is 3.24. The molecule has 160 valence electrons. The minimum atomic E-state index is -0.707. The maximum Gasteiger partial charge on any atom is 0.265 e. The van der Waals surface area contributed by atoms with Crippen LogP contribution < -0.4 is 15.4 Å². The van der Waals surface area contributed by atoms with Gasteiger partial charge in [-0.2, -0.15) is 0 Å². The highest BCUT2D eigenvalue weighted by atomic mass is 16.5. The molecule has 3 aromatic carbocycles. The molecule has 0 heterocycles. The Kier molecular flexibility index (Phi) is 7.82. The van der Waals surface area contributed by atoms with Gasteiger partial charge in [-0.15, -0.1) is 0 Å². The number of nitrogens with one attached hydrogen (secondary N) is 2. The Hall–Kier alpha value is -3.60. The van der Waals surface area contributed by atoms with E-state index in [0.29, 0.717) is 23.5 Å². The quantitative estimate of drug-likeness (QED) is 0.535. The number of hydrogen-bond donors (Lipinski definition) is 2. The van der Waals surface area contributed by atoms with Crippen molar-refractivity contribution >= 4 is 17.5 Å². The number of ether oxygens (including phenoxy) is 1. The smallest absolute Gasteiger partial charge is 0.265 e. The summed E-state index contributed by atoms with van der Waals surface area (Å²) >= 11 is 0. The van der Waals surface area contributed by atoms with Crippen molar-refractivity contribution in [2.45, 2.75) is 32.8 Å². The van der Waals surface area contributed by atoms with Crippen LogP contribution in [0.5, 0.6) is 5.75 Å². The summed E-state index contributed by atoms with van der Waals surface area (Å²) in [6.45, 7) is 4.25. The van der Waals surface area contributed by atoms with Crippen molar-refractivity contribution in [2.24, 2.45) is 0 Å². The number of carbonyl (C=O) groups excluding carboxylic acids is 2. The van der Waals surface area contributed by atoms with Gasteiger partial charge >= 0.3 is 0 Å². The average molecular weight is 417 g/mol. The van der Waals surface area contributed by atoms with Gasteiger partial charge in [0.05, 0.1) is 11.3 Å². The van der Waals surface area contributed by atoms with Crippen molar-refractivity contribution in [2.75, 3.05) is 11.9 Å². The monoisotopic (exact) mass is 416 g/mol. The van der Waals surface area contributed by atoms with Crippen molar-refractivity contribution in [1.82, 2.24) is 5.32 Å². The number of para-hydroxylation sites is 2. The highest BCUT2D eigenvalue weighted by molar-refractivity contribution is 6.04. The van der Waals surface area contributed by atoms with E-state index < -0.39 is 6.10 Å². The van der Waals surface area contributed by atoms with Gasteiger partial charge in [0.2, 0.25) is 0 Å². The highest BCUT2D eigenvalue weighted by Crippen LogP contribution is 2.21. The van der Waals surface area contributed by atoms with E-state index >= 15 is 0 Å². The number of benzene rings is 3. The summed E-state index contributed by atoms with van der Waals surface area (Å²) in [4.78, 5) is 25.4. The van der Waals surface area contributed by atoms with Gasteiger partial charge in [-0.3, -0.25) is 9.59 Å². The minimum absolute atomic E-state index is 0.225. The van der Waals surface area contributed by atoms with Crippen LogP contribution in [0.25, 0.3) is 0 Å². The number of amides is 2. The zero-order valence-corrected chi connectivity index (χ0v) is 17.9. The fraction of sp³-hybridized carbons (Fsp3) is 0.231. The molecule has 0 bridgehead atoms. The molecule has 0 aliphatic rings. The van der Waals surface area contributed by atoms with Gasteiger partial charge in [0, 0.05) is 6.54 Å². The van der Waals surface area contributed by atoms with E-state index in [1.54, 1.807) is 31.2 Å². The molecule has 3 aromatic rings. The van der Waals surface area contributed by atoms with E-state index in [-0.39, 0.29) is 11.8 Å².